The summed E-state index contributed by atoms with van der Waals surface area (Å²) in [5.74, 6) is -0.780. The minimum atomic E-state index is -0.854. The Morgan fingerprint density at radius 3 is 2.59 bits per heavy atom. The number of rotatable bonds is 2. The normalized spacial score (nSPS) is 10.2. The van der Waals surface area contributed by atoms with Gasteiger partial charge < -0.3 is 13.7 Å². The molecule has 6 heteroatoms. The Bertz CT molecular complexity index is 566. The lowest BCUT2D eigenvalue weighted by Gasteiger charge is -1.98. The van der Waals surface area contributed by atoms with E-state index in [-0.39, 0.29) is 11.3 Å². The summed E-state index contributed by atoms with van der Waals surface area (Å²) in [6.07, 6.45) is 1.34. The van der Waals surface area contributed by atoms with Crippen LogP contribution in [0.4, 0.5) is 0 Å². The van der Waals surface area contributed by atoms with Gasteiger partial charge in [0.1, 0.15) is 17.1 Å². The lowest BCUT2D eigenvalue weighted by molar-refractivity contribution is 0.0390. The van der Waals surface area contributed by atoms with Crippen molar-refractivity contribution in [1.29, 1.82) is 0 Å². The molecule has 2 aromatic rings. The Labute approximate surface area is 96.1 Å². The number of carbonyl (C=O) groups excluding carboxylic acids is 2. The molecular formula is C11H9NO5. The maximum absolute atomic E-state index is 11.6. The molecule has 0 atom stereocenters. The lowest BCUT2D eigenvalue weighted by Crippen LogP contribution is -2.13. The van der Waals surface area contributed by atoms with Crippen molar-refractivity contribution in [3.05, 3.63) is 41.2 Å². The molecular weight excluding hydrogens is 226 g/mol. The molecule has 0 aliphatic heterocycles. The third kappa shape index (κ3) is 2.25. The van der Waals surface area contributed by atoms with E-state index in [9.17, 15) is 9.59 Å². The SMILES string of the molecule is Cc1cc(C(=O)OC(=O)c2ccoc2C)no1. The van der Waals surface area contributed by atoms with Gasteiger partial charge in [-0.2, -0.15) is 0 Å². The zero-order valence-electron chi connectivity index (χ0n) is 9.22. The molecule has 6 nitrogen and oxygen atoms in total. The van der Waals surface area contributed by atoms with E-state index in [1.54, 1.807) is 13.8 Å². The molecule has 0 saturated heterocycles. The monoisotopic (exact) mass is 235 g/mol. The standard InChI is InChI=1S/C11H9NO5/c1-6-5-9(12-17-6)11(14)16-10(13)8-3-4-15-7(8)2/h3-5H,1-2H3. The highest BCUT2D eigenvalue weighted by Crippen LogP contribution is 2.12. The Hall–Kier alpha value is -2.37. The smallest absolute Gasteiger partial charge is 0.368 e. The summed E-state index contributed by atoms with van der Waals surface area (Å²) in [4.78, 5) is 23.0. The predicted octanol–water partition coefficient (Wildman–Crippen LogP) is 1.88. The molecule has 0 aromatic carbocycles. The van der Waals surface area contributed by atoms with Crippen LogP contribution in [-0.4, -0.2) is 17.1 Å². The molecule has 0 N–H and O–H groups in total. The van der Waals surface area contributed by atoms with Crippen LogP contribution in [0.1, 0.15) is 32.4 Å². The third-order valence-corrected chi connectivity index (χ3v) is 2.10. The first-order valence-corrected chi connectivity index (χ1v) is 4.82. The summed E-state index contributed by atoms with van der Waals surface area (Å²) in [5.41, 5.74) is 0.163. The number of carbonyl (C=O) groups is 2. The summed E-state index contributed by atoms with van der Waals surface area (Å²) in [6, 6.07) is 2.82. The number of furan rings is 1. The van der Waals surface area contributed by atoms with Crippen molar-refractivity contribution < 1.29 is 23.3 Å². The minimum Gasteiger partial charge on any atom is -0.469 e. The van der Waals surface area contributed by atoms with E-state index in [0.717, 1.165) is 0 Å². The first-order valence-electron chi connectivity index (χ1n) is 4.82. The molecule has 0 fully saturated rings. The van der Waals surface area contributed by atoms with Crippen LogP contribution in [0, 0.1) is 13.8 Å². The highest BCUT2D eigenvalue weighted by atomic mass is 16.6. The van der Waals surface area contributed by atoms with Crippen molar-refractivity contribution in [1.82, 2.24) is 5.16 Å². The zero-order valence-corrected chi connectivity index (χ0v) is 9.22. The molecule has 2 heterocycles. The molecule has 0 saturated carbocycles. The van der Waals surface area contributed by atoms with Gasteiger partial charge in [0.2, 0.25) is 0 Å². The third-order valence-electron chi connectivity index (χ3n) is 2.10. The largest absolute Gasteiger partial charge is 0.469 e. The van der Waals surface area contributed by atoms with Gasteiger partial charge in [0, 0.05) is 6.07 Å². The van der Waals surface area contributed by atoms with Gasteiger partial charge in [0.05, 0.1) is 6.26 Å². The van der Waals surface area contributed by atoms with Gasteiger partial charge in [-0.15, -0.1) is 0 Å². The summed E-state index contributed by atoms with van der Waals surface area (Å²) >= 11 is 0. The second kappa shape index (κ2) is 4.25. The minimum absolute atomic E-state index is 0.0444. The molecule has 2 rings (SSSR count). The van der Waals surface area contributed by atoms with Crippen LogP contribution >= 0.6 is 0 Å². The van der Waals surface area contributed by atoms with Crippen LogP contribution in [0.3, 0.4) is 0 Å². The van der Waals surface area contributed by atoms with E-state index in [1.807, 2.05) is 0 Å². The highest BCUT2D eigenvalue weighted by molar-refractivity contribution is 6.02. The molecule has 0 unspecified atom stereocenters. The highest BCUT2D eigenvalue weighted by Gasteiger charge is 2.20. The van der Waals surface area contributed by atoms with E-state index in [0.29, 0.717) is 11.5 Å². The molecule has 88 valence electrons. The zero-order chi connectivity index (χ0) is 12.4. The van der Waals surface area contributed by atoms with Gasteiger partial charge in [-0.05, 0) is 19.9 Å². The summed E-state index contributed by atoms with van der Waals surface area (Å²) < 4.78 is 14.2. The van der Waals surface area contributed by atoms with Gasteiger partial charge >= 0.3 is 11.9 Å². The van der Waals surface area contributed by atoms with Crippen LogP contribution in [0.25, 0.3) is 0 Å². The number of esters is 2. The molecule has 0 spiro atoms. The fourth-order valence-corrected chi connectivity index (χ4v) is 1.25. The molecule has 0 amide bonds. The number of hydrogen-bond donors (Lipinski definition) is 0. The van der Waals surface area contributed by atoms with Crippen molar-refractivity contribution in [2.75, 3.05) is 0 Å². The van der Waals surface area contributed by atoms with Crippen LogP contribution in [-0.2, 0) is 4.74 Å². The summed E-state index contributed by atoms with van der Waals surface area (Å²) in [6.45, 7) is 3.23. The molecule has 2 aromatic heterocycles. The van der Waals surface area contributed by atoms with Gasteiger partial charge in [-0.25, -0.2) is 9.59 Å². The van der Waals surface area contributed by atoms with Gasteiger partial charge in [0.25, 0.3) is 0 Å². The lowest BCUT2D eigenvalue weighted by atomic mass is 10.3. The fraction of sp³-hybridized carbons (Fsp3) is 0.182. The van der Waals surface area contributed by atoms with E-state index in [1.165, 1.54) is 18.4 Å². The average molecular weight is 235 g/mol. The van der Waals surface area contributed by atoms with Crippen molar-refractivity contribution in [3.8, 4) is 0 Å². The molecule has 0 radical (unpaired) electrons. The van der Waals surface area contributed by atoms with Crippen molar-refractivity contribution in [3.63, 3.8) is 0 Å². The fourth-order valence-electron chi connectivity index (χ4n) is 1.25. The van der Waals surface area contributed by atoms with Crippen molar-refractivity contribution in [2.24, 2.45) is 0 Å². The molecule has 17 heavy (non-hydrogen) atoms. The van der Waals surface area contributed by atoms with Crippen LogP contribution in [0.5, 0.6) is 0 Å². The quantitative estimate of drug-likeness (QED) is 0.583. The Morgan fingerprint density at radius 1 is 1.29 bits per heavy atom. The number of aromatic nitrogens is 1. The summed E-state index contributed by atoms with van der Waals surface area (Å²) in [5, 5.41) is 3.45. The van der Waals surface area contributed by atoms with E-state index < -0.39 is 11.9 Å². The second-order valence-corrected chi connectivity index (χ2v) is 3.39. The van der Waals surface area contributed by atoms with Gasteiger partial charge in [-0.1, -0.05) is 5.16 Å². The summed E-state index contributed by atoms with van der Waals surface area (Å²) in [7, 11) is 0. The Kier molecular flexibility index (Phi) is 2.78. The number of nitrogens with zero attached hydrogens (tertiary/aromatic N) is 1. The van der Waals surface area contributed by atoms with E-state index in [4.69, 9.17) is 8.94 Å². The van der Waals surface area contributed by atoms with Crippen LogP contribution in [0.2, 0.25) is 0 Å². The maximum Gasteiger partial charge on any atom is 0.368 e. The van der Waals surface area contributed by atoms with E-state index in [2.05, 4.69) is 9.89 Å². The Morgan fingerprint density at radius 2 is 2.06 bits per heavy atom. The molecule has 0 bridgehead atoms. The second-order valence-electron chi connectivity index (χ2n) is 3.39. The number of ether oxygens (including phenoxy) is 1. The van der Waals surface area contributed by atoms with Crippen LogP contribution in [0.15, 0.2) is 27.3 Å². The predicted molar refractivity (Wildman–Crippen MR) is 54.4 cm³/mol. The molecule has 0 aliphatic rings. The number of hydrogen-bond acceptors (Lipinski definition) is 6. The van der Waals surface area contributed by atoms with Crippen LogP contribution < -0.4 is 0 Å². The van der Waals surface area contributed by atoms with Crippen molar-refractivity contribution in [2.45, 2.75) is 13.8 Å². The van der Waals surface area contributed by atoms with E-state index >= 15 is 0 Å². The maximum atomic E-state index is 11.6. The average Bonchev–Trinajstić information content (AvgIpc) is 2.86. The molecule has 0 aliphatic carbocycles. The topological polar surface area (TPSA) is 82.5 Å². The Balaban J connectivity index is 2.10. The van der Waals surface area contributed by atoms with Crippen molar-refractivity contribution >= 4 is 11.9 Å². The van der Waals surface area contributed by atoms with Gasteiger partial charge in [0.15, 0.2) is 5.69 Å². The van der Waals surface area contributed by atoms with Gasteiger partial charge in [-0.3, -0.25) is 0 Å². The number of aryl methyl sites for hydroxylation is 2. The first kappa shape index (κ1) is 11.1. The first-order chi connectivity index (χ1) is 8.08.